The van der Waals surface area contributed by atoms with Crippen LogP contribution in [0.15, 0.2) is 29.3 Å². The Labute approximate surface area is 136 Å². The average Bonchev–Trinajstić information content (AvgIpc) is 2.86. The molecule has 21 heavy (non-hydrogen) atoms. The fraction of sp³-hybridized carbons (Fsp3) is 0.588. The number of nitrogens with one attached hydrogen (secondary N) is 1. The lowest BCUT2D eigenvalue weighted by molar-refractivity contribution is 0.250. The van der Waals surface area contributed by atoms with Crippen molar-refractivity contribution in [2.45, 2.75) is 51.1 Å². The molecule has 0 aromatic heterocycles. The van der Waals surface area contributed by atoms with Gasteiger partial charge in [-0.15, -0.1) is 0 Å². The first-order chi connectivity index (χ1) is 10.1. The molecule has 1 aromatic carbocycles. The maximum Gasteiger partial charge on any atom is 0.157 e. The number of benzene rings is 1. The Morgan fingerprint density at radius 3 is 2.76 bits per heavy atom. The summed E-state index contributed by atoms with van der Waals surface area (Å²) in [5.41, 5.74) is 1.41. The summed E-state index contributed by atoms with van der Waals surface area (Å²) in [5, 5.41) is 5.62. The van der Waals surface area contributed by atoms with Gasteiger partial charge in [-0.3, -0.25) is 4.99 Å². The molecule has 1 aromatic rings. The van der Waals surface area contributed by atoms with E-state index in [0.29, 0.717) is 5.54 Å². The van der Waals surface area contributed by atoms with Crippen LogP contribution in [-0.2, 0) is 0 Å². The lowest BCUT2D eigenvalue weighted by Gasteiger charge is -2.35. The van der Waals surface area contributed by atoms with Crippen molar-refractivity contribution < 1.29 is 0 Å². The minimum absolute atomic E-state index is 0.103. The lowest BCUT2D eigenvalue weighted by atomic mass is 9.78. The number of thioether (sulfide) groups is 1. The van der Waals surface area contributed by atoms with Gasteiger partial charge in [-0.1, -0.05) is 48.5 Å². The van der Waals surface area contributed by atoms with Crippen LogP contribution >= 0.6 is 23.4 Å². The van der Waals surface area contributed by atoms with Crippen LogP contribution < -0.4 is 5.32 Å². The van der Waals surface area contributed by atoms with Crippen molar-refractivity contribution in [2.24, 2.45) is 10.9 Å². The monoisotopic (exact) mass is 322 g/mol. The fourth-order valence-electron chi connectivity index (χ4n) is 3.22. The number of amidine groups is 1. The van der Waals surface area contributed by atoms with Crippen LogP contribution in [0.1, 0.15) is 51.1 Å². The van der Waals surface area contributed by atoms with E-state index in [4.69, 9.17) is 16.6 Å². The molecular weight excluding hydrogens is 300 g/mol. The first-order valence-corrected chi connectivity index (χ1v) is 9.18. The van der Waals surface area contributed by atoms with Gasteiger partial charge in [0, 0.05) is 16.3 Å². The molecule has 2 nitrogen and oxygen atoms in total. The van der Waals surface area contributed by atoms with E-state index in [1.165, 1.54) is 25.7 Å². The summed E-state index contributed by atoms with van der Waals surface area (Å²) in [5.74, 6) is 2.04. The van der Waals surface area contributed by atoms with Gasteiger partial charge in [0.05, 0.1) is 6.04 Å². The van der Waals surface area contributed by atoms with Gasteiger partial charge in [-0.2, -0.15) is 0 Å². The van der Waals surface area contributed by atoms with E-state index in [1.807, 2.05) is 30.0 Å². The van der Waals surface area contributed by atoms with E-state index < -0.39 is 0 Å². The standard InChI is InChI=1S/C17H23ClN2S/c1-12-7-9-17(10-8-12)11-21-16(20-17)19-13(2)14-5-3-4-6-15(14)18/h3-6,12-13H,7-11H2,1-2H3,(H,19,20). The van der Waals surface area contributed by atoms with Crippen LogP contribution in [0, 0.1) is 5.92 Å². The van der Waals surface area contributed by atoms with Crippen molar-refractivity contribution in [2.75, 3.05) is 5.75 Å². The molecule has 0 radical (unpaired) electrons. The quantitative estimate of drug-likeness (QED) is 0.824. The van der Waals surface area contributed by atoms with Crippen LogP contribution in [0.3, 0.4) is 0 Å². The number of aliphatic imine (C=N–C) groups is 1. The second-order valence-electron chi connectivity index (χ2n) is 6.51. The third-order valence-electron chi connectivity index (χ3n) is 4.75. The van der Waals surface area contributed by atoms with Gasteiger partial charge in [0.15, 0.2) is 5.17 Å². The molecule has 2 aliphatic rings. The summed E-state index contributed by atoms with van der Waals surface area (Å²) >= 11 is 8.14. The van der Waals surface area contributed by atoms with Crippen LogP contribution in [0.25, 0.3) is 0 Å². The molecule has 1 aliphatic carbocycles. The van der Waals surface area contributed by atoms with Gasteiger partial charge in [-0.05, 0) is 50.2 Å². The smallest absolute Gasteiger partial charge is 0.157 e. The van der Waals surface area contributed by atoms with E-state index in [-0.39, 0.29) is 6.04 Å². The Balaban J connectivity index is 1.70. The molecule has 0 bridgehead atoms. The first kappa shape index (κ1) is 15.2. The Kier molecular flexibility index (Phi) is 4.51. The van der Waals surface area contributed by atoms with Crippen molar-refractivity contribution >= 4 is 28.5 Å². The predicted molar refractivity (Wildman–Crippen MR) is 93.3 cm³/mol. The second kappa shape index (κ2) is 6.21. The Morgan fingerprint density at radius 2 is 2.05 bits per heavy atom. The van der Waals surface area contributed by atoms with Gasteiger partial charge in [0.25, 0.3) is 0 Å². The van der Waals surface area contributed by atoms with Crippen LogP contribution in [0.2, 0.25) is 5.02 Å². The van der Waals surface area contributed by atoms with Crippen LogP contribution in [-0.4, -0.2) is 16.5 Å². The van der Waals surface area contributed by atoms with Gasteiger partial charge in [0.2, 0.25) is 0 Å². The number of nitrogens with zero attached hydrogens (tertiary/aromatic N) is 1. The van der Waals surface area contributed by atoms with Crippen LogP contribution in [0.5, 0.6) is 0 Å². The normalized spacial score (nSPS) is 32.3. The van der Waals surface area contributed by atoms with Crippen LogP contribution in [0.4, 0.5) is 0 Å². The molecule has 1 spiro atoms. The zero-order valence-corrected chi connectivity index (χ0v) is 14.3. The summed E-state index contributed by atoms with van der Waals surface area (Å²) < 4.78 is 0. The van der Waals surface area contributed by atoms with E-state index in [2.05, 4.69) is 25.2 Å². The van der Waals surface area contributed by atoms with E-state index in [9.17, 15) is 0 Å². The zero-order chi connectivity index (χ0) is 14.9. The summed E-state index contributed by atoms with van der Waals surface area (Å²) in [6.45, 7) is 4.48. The molecule has 114 valence electrons. The molecule has 3 rings (SSSR count). The number of hydrogen-bond acceptors (Lipinski definition) is 2. The number of rotatable bonds is 2. The third-order valence-corrected chi connectivity index (χ3v) is 6.28. The molecule has 2 fully saturated rings. The highest BCUT2D eigenvalue weighted by Gasteiger charge is 2.39. The minimum Gasteiger partial charge on any atom is -0.359 e. The molecule has 1 N–H and O–H groups in total. The zero-order valence-electron chi connectivity index (χ0n) is 12.7. The molecule has 0 amide bonds. The number of halogens is 1. The largest absolute Gasteiger partial charge is 0.359 e. The highest BCUT2D eigenvalue weighted by Crippen LogP contribution is 2.39. The van der Waals surface area contributed by atoms with Crippen molar-refractivity contribution in [3.63, 3.8) is 0 Å². The topological polar surface area (TPSA) is 24.4 Å². The lowest BCUT2D eigenvalue weighted by Crippen LogP contribution is -2.46. The van der Waals surface area contributed by atoms with Crippen molar-refractivity contribution in [3.8, 4) is 0 Å². The summed E-state index contributed by atoms with van der Waals surface area (Å²) in [6, 6.07) is 8.09. The van der Waals surface area contributed by atoms with Crippen molar-refractivity contribution in [3.05, 3.63) is 34.9 Å². The Bertz CT molecular complexity index is 535. The molecule has 1 unspecified atom stereocenters. The highest BCUT2D eigenvalue weighted by molar-refractivity contribution is 8.14. The van der Waals surface area contributed by atoms with Gasteiger partial charge >= 0.3 is 0 Å². The third kappa shape index (κ3) is 3.40. The van der Waals surface area contributed by atoms with E-state index >= 15 is 0 Å². The molecule has 1 saturated carbocycles. The molecule has 1 saturated heterocycles. The summed E-state index contributed by atoms with van der Waals surface area (Å²) in [6.07, 6.45) is 5.23. The van der Waals surface area contributed by atoms with Crippen molar-refractivity contribution in [1.29, 1.82) is 0 Å². The van der Waals surface area contributed by atoms with E-state index in [1.54, 1.807) is 0 Å². The summed E-state index contributed by atoms with van der Waals surface area (Å²) in [4.78, 5) is 4.86. The number of hydrogen-bond donors (Lipinski definition) is 1. The maximum absolute atomic E-state index is 6.27. The Hall–Kier alpha value is -0.670. The molecule has 1 atom stereocenters. The van der Waals surface area contributed by atoms with Gasteiger partial charge < -0.3 is 5.32 Å². The molecular formula is C17H23ClN2S. The molecule has 4 heteroatoms. The minimum atomic E-state index is 0.103. The van der Waals surface area contributed by atoms with Crippen molar-refractivity contribution in [1.82, 2.24) is 5.32 Å². The van der Waals surface area contributed by atoms with E-state index in [0.717, 1.165) is 27.4 Å². The SMILES string of the molecule is CC1CCC2(CC1)CSC(=NC(C)c1ccccc1Cl)N2. The summed E-state index contributed by atoms with van der Waals surface area (Å²) in [7, 11) is 0. The highest BCUT2D eigenvalue weighted by atomic mass is 35.5. The Morgan fingerprint density at radius 1 is 1.33 bits per heavy atom. The average molecular weight is 323 g/mol. The predicted octanol–water partition coefficient (Wildman–Crippen LogP) is 5.04. The fourth-order valence-corrected chi connectivity index (χ4v) is 4.81. The van der Waals surface area contributed by atoms with Gasteiger partial charge in [0.1, 0.15) is 0 Å². The molecule has 1 heterocycles. The van der Waals surface area contributed by atoms with Gasteiger partial charge in [-0.25, -0.2) is 0 Å². The maximum atomic E-state index is 6.27. The molecule has 1 aliphatic heterocycles. The second-order valence-corrected chi connectivity index (χ2v) is 7.88. The first-order valence-electron chi connectivity index (χ1n) is 7.81.